The van der Waals surface area contributed by atoms with E-state index in [1.54, 1.807) is 14.2 Å². The minimum absolute atomic E-state index is 0.182. The summed E-state index contributed by atoms with van der Waals surface area (Å²) in [5, 5.41) is -7.11. The molecule has 0 spiro atoms. The lowest BCUT2D eigenvalue weighted by Gasteiger charge is -2.34. The van der Waals surface area contributed by atoms with Crippen molar-refractivity contribution in [3.8, 4) is 11.5 Å². The molecule has 0 aliphatic rings. The van der Waals surface area contributed by atoms with Gasteiger partial charge in [0.1, 0.15) is 22.4 Å². The molecule has 4 aromatic rings. The van der Waals surface area contributed by atoms with Crippen LogP contribution in [-0.2, 0) is 21.0 Å². The third-order valence-corrected chi connectivity index (χ3v) is 11.7. The van der Waals surface area contributed by atoms with Crippen molar-refractivity contribution >= 4 is 44.1 Å². The van der Waals surface area contributed by atoms with E-state index in [0.717, 1.165) is 11.5 Å². The van der Waals surface area contributed by atoms with Crippen LogP contribution in [0.1, 0.15) is 5.56 Å². The molecule has 4 rings (SSSR count). The Labute approximate surface area is 274 Å². The highest BCUT2D eigenvalue weighted by Gasteiger charge is 2.83. The fraction of sp³-hybridized carbons (Fsp3) is 0.241. The van der Waals surface area contributed by atoms with E-state index in [4.69, 9.17) is 9.47 Å². The van der Waals surface area contributed by atoms with Crippen molar-refractivity contribution < 1.29 is 62.0 Å². The van der Waals surface area contributed by atoms with Gasteiger partial charge in [0.15, 0.2) is 19.9 Å². The average Bonchev–Trinajstić information content (AvgIpc) is 3.46. The number of thiophene rings is 1. The molecule has 1 aromatic heterocycles. The zero-order valence-electron chi connectivity index (χ0n) is 24.2. The second kappa shape index (κ2) is 14.6. The van der Waals surface area contributed by atoms with Crippen LogP contribution in [0.15, 0.2) is 108 Å². The maximum atomic E-state index is 12.2. The number of halogens is 9. The number of hydrogen-bond acceptors (Lipinski definition) is 7. The zero-order valence-corrected chi connectivity index (χ0v) is 27.4. The topological polar surface area (TPSA) is 75.7 Å². The third kappa shape index (κ3) is 8.51. The Morgan fingerprint density at radius 2 is 1.13 bits per heavy atom. The largest absolute Gasteiger partial charge is 0.743 e. The molecule has 0 aliphatic heterocycles. The van der Waals surface area contributed by atoms with Crippen LogP contribution in [0.25, 0.3) is 0 Å². The Balaban J connectivity index is 0.000000303. The number of methoxy groups -OCH3 is 2. The molecular weight excluding hydrogens is 728 g/mol. The van der Waals surface area contributed by atoms with Crippen molar-refractivity contribution in [2.24, 2.45) is 0 Å². The van der Waals surface area contributed by atoms with Gasteiger partial charge in [-0.15, -0.1) is 0 Å². The van der Waals surface area contributed by atoms with Crippen molar-refractivity contribution in [2.75, 3.05) is 14.2 Å². The Kier molecular flexibility index (Phi) is 11.9. The first-order valence-corrected chi connectivity index (χ1v) is 16.9. The summed E-state index contributed by atoms with van der Waals surface area (Å²) in [6.45, 7) is 2.12. The summed E-state index contributed by atoms with van der Waals surface area (Å²) in [5.74, 6) is -13.1. The number of ether oxygens (including phenoxy) is 2. The first-order valence-electron chi connectivity index (χ1n) is 12.7. The molecule has 0 N–H and O–H groups in total. The van der Waals surface area contributed by atoms with Crippen LogP contribution < -0.4 is 9.47 Å². The lowest BCUT2D eigenvalue weighted by molar-refractivity contribution is -0.382. The first kappa shape index (κ1) is 38.4. The van der Waals surface area contributed by atoms with E-state index in [2.05, 4.69) is 67.6 Å². The third-order valence-electron chi connectivity index (χ3n) is 6.02. The molecule has 18 heteroatoms. The maximum Gasteiger partial charge on any atom is 0.460 e. The fourth-order valence-corrected chi connectivity index (χ4v) is 8.87. The molecule has 0 bridgehead atoms. The van der Waals surface area contributed by atoms with Gasteiger partial charge in [0.25, 0.3) is 0 Å². The average molecular weight is 751 g/mol. The highest BCUT2D eigenvalue weighted by molar-refractivity contribution is 8.02. The number of benzene rings is 3. The van der Waals surface area contributed by atoms with E-state index in [9.17, 15) is 52.5 Å². The molecule has 0 radical (unpaired) electrons. The second-order valence-electron chi connectivity index (χ2n) is 9.26. The van der Waals surface area contributed by atoms with Gasteiger partial charge >= 0.3 is 23.3 Å². The van der Waals surface area contributed by atoms with Gasteiger partial charge in [-0.05, 0) is 73.7 Å². The molecule has 0 aliphatic carbocycles. The summed E-state index contributed by atoms with van der Waals surface area (Å²) < 4.78 is 149. The van der Waals surface area contributed by atoms with Gasteiger partial charge in [0.05, 0.1) is 18.4 Å². The molecule has 5 nitrogen and oxygen atoms in total. The molecule has 0 unspecified atom stereocenters. The summed E-state index contributed by atoms with van der Waals surface area (Å²) in [7, 11) is -4.20. The highest BCUT2D eigenvalue weighted by atomic mass is 32.2. The Bertz CT molecular complexity index is 1680. The molecule has 256 valence electrons. The number of rotatable bonds is 10. The summed E-state index contributed by atoms with van der Waals surface area (Å²) in [5.41, 5.74) is 1.28. The number of hydrogen-bond donors (Lipinski definition) is 0. The van der Waals surface area contributed by atoms with Gasteiger partial charge in [0.2, 0.25) is 4.21 Å². The summed E-state index contributed by atoms with van der Waals surface area (Å²) in [6, 6.07) is 30.0. The van der Waals surface area contributed by atoms with E-state index in [1.165, 1.54) is 28.7 Å². The van der Waals surface area contributed by atoms with Gasteiger partial charge in [-0.1, -0.05) is 40.8 Å². The molecular formula is C29H23F9O5S4. The monoisotopic (exact) mass is 750 g/mol. The zero-order chi connectivity index (χ0) is 35.4. The predicted molar refractivity (Wildman–Crippen MR) is 158 cm³/mol. The van der Waals surface area contributed by atoms with E-state index >= 15 is 0 Å². The van der Waals surface area contributed by atoms with Crippen molar-refractivity contribution in [3.05, 3.63) is 90.5 Å². The van der Waals surface area contributed by atoms with Crippen molar-refractivity contribution in [1.82, 2.24) is 0 Å². The molecule has 47 heavy (non-hydrogen) atoms. The Morgan fingerprint density at radius 3 is 1.51 bits per heavy atom. The van der Waals surface area contributed by atoms with E-state index in [1.807, 2.05) is 47.4 Å². The van der Waals surface area contributed by atoms with Crippen molar-refractivity contribution in [3.63, 3.8) is 0 Å². The molecule has 0 amide bonds. The van der Waals surface area contributed by atoms with Crippen LogP contribution in [0.2, 0.25) is 0 Å². The molecule has 0 atom stereocenters. The molecule has 0 saturated heterocycles. The lowest BCUT2D eigenvalue weighted by atomic mass is 10.1. The van der Waals surface area contributed by atoms with Crippen molar-refractivity contribution in [2.45, 2.75) is 53.3 Å². The predicted octanol–water partition coefficient (Wildman–Crippen LogP) is 9.28. The smallest absolute Gasteiger partial charge is 0.460 e. The van der Waals surface area contributed by atoms with Crippen LogP contribution >= 0.6 is 23.1 Å². The fourth-order valence-electron chi connectivity index (χ4n) is 3.50. The Morgan fingerprint density at radius 1 is 0.681 bits per heavy atom. The molecule has 0 saturated carbocycles. The van der Waals surface area contributed by atoms with Crippen LogP contribution in [0.5, 0.6) is 11.5 Å². The minimum Gasteiger partial charge on any atom is -0.743 e. The molecule has 0 fully saturated rings. The van der Waals surface area contributed by atoms with Gasteiger partial charge in [-0.25, -0.2) is 8.42 Å². The SMILES string of the molecule is COc1ccc([S+](c2ccc(OC)cc2)c2ccc(Sc3ccc(C)cc3)s2)cc1.O=S(=O)([O-])C(F)(F)C(F)(F)C(F)(F)C(F)(F)F. The maximum absolute atomic E-state index is 12.2. The molecule has 3 aromatic carbocycles. The van der Waals surface area contributed by atoms with Crippen LogP contribution in [-0.4, -0.2) is 50.5 Å². The normalized spacial score (nSPS) is 12.8. The van der Waals surface area contributed by atoms with Crippen molar-refractivity contribution in [1.29, 1.82) is 0 Å². The van der Waals surface area contributed by atoms with Gasteiger partial charge in [-0.2, -0.15) is 39.5 Å². The van der Waals surface area contributed by atoms with Crippen LogP contribution in [0, 0.1) is 6.92 Å². The van der Waals surface area contributed by atoms with Gasteiger partial charge in [-0.3, -0.25) is 0 Å². The van der Waals surface area contributed by atoms with Crippen LogP contribution in [0.4, 0.5) is 39.5 Å². The van der Waals surface area contributed by atoms with Crippen LogP contribution in [0.3, 0.4) is 0 Å². The summed E-state index contributed by atoms with van der Waals surface area (Å²) in [4.78, 5) is 3.81. The van der Waals surface area contributed by atoms with Gasteiger partial charge < -0.3 is 14.0 Å². The van der Waals surface area contributed by atoms with E-state index < -0.39 is 33.4 Å². The second-order valence-corrected chi connectivity index (χ2v) is 15.4. The quantitative estimate of drug-likeness (QED) is 0.0915. The number of alkyl halides is 9. The van der Waals surface area contributed by atoms with E-state index in [-0.39, 0.29) is 10.9 Å². The standard InChI is InChI=1S/C25H23O2S3.C4HF9O3S/c1-18-4-10-21(11-5-18)28-24-16-17-25(29-24)30(22-12-6-19(26-2)7-13-22)23-14-8-20(27-3)9-15-23;5-1(6,3(9,10)11)2(7,8)4(12,13)17(14,15)16/h4-17H,1-3H3;(H,14,15,16)/q+1;/p-1. The first-order chi connectivity index (χ1) is 21.7. The highest BCUT2D eigenvalue weighted by Crippen LogP contribution is 2.54. The lowest BCUT2D eigenvalue weighted by Crippen LogP contribution is -2.63. The van der Waals surface area contributed by atoms with Gasteiger partial charge in [0, 0.05) is 11.0 Å². The molecule has 1 heterocycles. The Hall–Kier alpha value is -3.06. The minimum atomic E-state index is -7.43. The number of aryl methyl sites for hydroxylation is 1. The summed E-state index contributed by atoms with van der Waals surface area (Å²) in [6.07, 6.45) is -7.16. The van der Waals surface area contributed by atoms with E-state index in [0.29, 0.717) is 0 Å². The summed E-state index contributed by atoms with van der Waals surface area (Å²) >= 11 is 3.68.